The van der Waals surface area contributed by atoms with Crippen LogP contribution in [0.1, 0.15) is 11.1 Å². The van der Waals surface area contributed by atoms with Gasteiger partial charge in [0.05, 0.1) is 0 Å². The van der Waals surface area contributed by atoms with Crippen LogP contribution in [-0.2, 0) is 32.3 Å². The Balaban J connectivity index is 0.000000711. The Labute approximate surface area is 272 Å². The van der Waals surface area contributed by atoms with E-state index in [1.54, 1.807) is 0 Å². The summed E-state index contributed by atoms with van der Waals surface area (Å²) in [5.74, 6) is -9.36. The maximum absolute atomic E-state index is 10.6. The zero-order valence-corrected chi connectivity index (χ0v) is 24.8. The number of halogens is 12. The summed E-state index contributed by atoms with van der Waals surface area (Å²) in [6, 6.07) is 8.46. The van der Waals surface area contributed by atoms with Crippen LogP contribution in [0.4, 0.5) is 52.7 Å². The van der Waals surface area contributed by atoms with Gasteiger partial charge in [-0.05, 0) is 41.2 Å². The van der Waals surface area contributed by atoms with Crippen molar-refractivity contribution < 1.29 is 92.3 Å². The average molecular weight is 750 g/mol. The summed E-state index contributed by atoms with van der Waals surface area (Å²) in [6.45, 7) is 7.04. The molecule has 2 aliphatic heterocycles. The third kappa shape index (κ3) is 19.3. The van der Waals surface area contributed by atoms with Crippen molar-refractivity contribution >= 4 is 23.9 Å². The summed E-state index contributed by atoms with van der Waals surface area (Å²) in [6.07, 6.45) is -12.7. The SMILES string of the molecule is O=C(O)C(F)(F)F.O=C(O)C(F)(F)F.O=C(O)C(F)(F)F.O=C(O)C(F)(F)F.c1cncc(CN2CC3CN(Cc4ccncc4)CC3C2)c1. The molecule has 0 amide bonds. The number of hydrogen-bond acceptors (Lipinski definition) is 8. The van der Waals surface area contributed by atoms with E-state index in [4.69, 9.17) is 39.6 Å². The number of alkyl halides is 12. The van der Waals surface area contributed by atoms with Crippen molar-refractivity contribution in [1.29, 1.82) is 0 Å². The summed E-state index contributed by atoms with van der Waals surface area (Å²) in [4.78, 5) is 49.1. The van der Waals surface area contributed by atoms with Crippen LogP contribution in [0.3, 0.4) is 0 Å². The molecule has 0 saturated carbocycles. The van der Waals surface area contributed by atoms with Gasteiger partial charge in [0, 0.05) is 64.1 Å². The summed E-state index contributed by atoms with van der Waals surface area (Å²) >= 11 is 0. The fourth-order valence-corrected chi connectivity index (χ4v) is 3.94. The molecule has 2 atom stereocenters. The molecule has 0 radical (unpaired) electrons. The van der Waals surface area contributed by atoms with Crippen LogP contribution in [0.5, 0.6) is 0 Å². The van der Waals surface area contributed by atoms with Gasteiger partial charge < -0.3 is 20.4 Å². The third-order valence-electron chi connectivity index (χ3n) is 5.89. The predicted octanol–water partition coefficient (Wildman–Crippen LogP) is 4.57. The number of fused-ring (bicyclic) bond motifs is 1. The quantitative estimate of drug-likeness (QED) is 0.320. The first-order valence-corrected chi connectivity index (χ1v) is 13.1. The minimum atomic E-state index is -5.08. The molecule has 2 aliphatic rings. The molecule has 0 aromatic carbocycles. The molecule has 0 spiro atoms. The molecular formula is C26H26F12N4O8. The second-order valence-electron chi connectivity index (χ2n) is 9.84. The molecule has 2 saturated heterocycles. The molecule has 2 unspecified atom stereocenters. The second kappa shape index (κ2) is 19.4. The van der Waals surface area contributed by atoms with E-state index in [0.29, 0.717) is 0 Å². The summed E-state index contributed by atoms with van der Waals surface area (Å²) in [5.41, 5.74) is 2.71. The third-order valence-corrected chi connectivity index (χ3v) is 5.89. The fraction of sp³-hybridized carbons (Fsp3) is 0.462. The highest BCUT2D eigenvalue weighted by atomic mass is 19.4. The number of carbonyl (C=O) groups is 4. The number of aliphatic carboxylic acids is 4. The Morgan fingerprint density at radius 2 is 0.840 bits per heavy atom. The molecule has 2 fully saturated rings. The fourth-order valence-electron chi connectivity index (χ4n) is 3.94. The van der Waals surface area contributed by atoms with Crippen molar-refractivity contribution in [2.24, 2.45) is 11.8 Å². The van der Waals surface area contributed by atoms with Crippen molar-refractivity contribution in [2.45, 2.75) is 37.8 Å². The first-order chi connectivity index (χ1) is 22.6. The molecule has 4 N–H and O–H groups in total. The summed E-state index contributed by atoms with van der Waals surface area (Å²) in [5, 5.41) is 28.5. The van der Waals surface area contributed by atoms with Crippen LogP contribution in [-0.4, -0.2) is 115 Å². The second-order valence-corrected chi connectivity index (χ2v) is 9.84. The summed E-state index contributed by atoms with van der Waals surface area (Å²) < 4.78 is 127. The van der Waals surface area contributed by atoms with Crippen molar-refractivity contribution in [2.75, 3.05) is 26.2 Å². The molecule has 4 rings (SSSR count). The topological polar surface area (TPSA) is 181 Å². The number of carboxylic acid groups (broad SMARTS) is 4. The van der Waals surface area contributed by atoms with Gasteiger partial charge >= 0.3 is 48.6 Å². The van der Waals surface area contributed by atoms with E-state index in [-0.39, 0.29) is 0 Å². The Hall–Kier alpha value is -4.74. The van der Waals surface area contributed by atoms with E-state index in [0.717, 1.165) is 24.9 Å². The highest BCUT2D eigenvalue weighted by Crippen LogP contribution is 2.32. The number of likely N-dealkylation sites (tertiary alicyclic amines) is 2. The Kier molecular flexibility index (Phi) is 17.6. The van der Waals surface area contributed by atoms with E-state index in [2.05, 4.69) is 38.0 Å². The average Bonchev–Trinajstić information content (AvgIpc) is 3.51. The zero-order valence-electron chi connectivity index (χ0n) is 24.8. The Bertz CT molecular complexity index is 1200. The van der Waals surface area contributed by atoms with Gasteiger partial charge in [-0.1, -0.05) is 6.07 Å². The van der Waals surface area contributed by atoms with E-state index in [9.17, 15) is 52.7 Å². The largest absolute Gasteiger partial charge is 0.490 e. The van der Waals surface area contributed by atoms with Crippen LogP contribution < -0.4 is 0 Å². The van der Waals surface area contributed by atoms with Crippen LogP contribution >= 0.6 is 0 Å². The molecule has 0 bridgehead atoms. The Morgan fingerprint density at radius 3 is 1.10 bits per heavy atom. The highest BCUT2D eigenvalue weighted by molar-refractivity contribution is 5.74. The minimum absolute atomic E-state index is 0.832. The van der Waals surface area contributed by atoms with E-state index in [1.165, 1.54) is 37.3 Å². The van der Waals surface area contributed by atoms with Crippen molar-refractivity contribution in [1.82, 2.24) is 19.8 Å². The van der Waals surface area contributed by atoms with Crippen LogP contribution in [0, 0.1) is 11.8 Å². The van der Waals surface area contributed by atoms with Gasteiger partial charge in [-0.25, -0.2) is 19.2 Å². The van der Waals surface area contributed by atoms with Crippen LogP contribution in [0.2, 0.25) is 0 Å². The number of hydrogen-bond donors (Lipinski definition) is 4. The van der Waals surface area contributed by atoms with Gasteiger partial charge in [0.2, 0.25) is 0 Å². The Morgan fingerprint density at radius 1 is 0.540 bits per heavy atom. The lowest BCUT2D eigenvalue weighted by molar-refractivity contribution is -0.193. The smallest absolute Gasteiger partial charge is 0.475 e. The molecule has 2 aromatic rings. The van der Waals surface area contributed by atoms with Crippen molar-refractivity contribution in [3.05, 3.63) is 60.2 Å². The number of rotatable bonds is 4. The number of carboxylic acids is 4. The molecule has 4 heterocycles. The van der Waals surface area contributed by atoms with Crippen LogP contribution in [0.25, 0.3) is 0 Å². The maximum Gasteiger partial charge on any atom is 0.490 e. The van der Waals surface area contributed by atoms with Gasteiger partial charge in [0.1, 0.15) is 0 Å². The number of nitrogens with zero attached hydrogens (tertiary/aromatic N) is 4. The van der Waals surface area contributed by atoms with Crippen LogP contribution in [0.15, 0.2) is 49.1 Å². The van der Waals surface area contributed by atoms with Gasteiger partial charge in [0.25, 0.3) is 0 Å². The standard InChI is InChI=1S/C18H22N4.4C2HF3O2/c1-2-16(8-20-5-1)10-22-13-17-11-21(12-18(17)14-22)9-15-3-6-19-7-4-15;4*3-2(4,5)1(6)7/h1-8,17-18H,9-14H2;4*(H,6,7). The lowest BCUT2D eigenvalue weighted by Gasteiger charge is -2.21. The first kappa shape index (κ1) is 45.3. The number of aromatic nitrogens is 2. The van der Waals surface area contributed by atoms with Gasteiger partial charge in [-0.3, -0.25) is 19.8 Å². The summed E-state index contributed by atoms with van der Waals surface area (Å²) in [7, 11) is 0. The monoisotopic (exact) mass is 750 g/mol. The van der Waals surface area contributed by atoms with E-state index in [1.807, 2.05) is 30.9 Å². The van der Waals surface area contributed by atoms with Crippen molar-refractivity contribution in [3.8, 4) is 0 Å². The van der Waals surface area contributed by atoms with E-state index >= 15 is 0 Å². The maximum atomic E-state index is 10.6. The molecule has 50 heavy (non-hydrogen) atoms. The van der Waals surface area contributed by atoms with Gasteiger partial charge in [0.15, 0.2) is 0 Å². The molecular weight excluding hydrogens is 724 g/mol. The molecule has 12 nitrogen and oxygen atoms in total. The highest BCUT2D eigenvalue weighted by Gasteiger charge is 2.41. The zero-order chi connectivity index (χ0) is 39.1. The van der Waals surface area contributed by atoms with Crippen molar-refractivity contribution in [3.63, 3.8) is 0 Å². The van der Waals surface area contributed by atoms with Gasteiger partial charge in [-0.2, -0.15) is 52.7 Å². The predicted molar refractivity (Wildman–Crippen MR) is 141 cm³/mol. The molecule has 24 heteroatoms. The lowest BCUT2D eigenvalue weighted by atomic mass is 10.0. The molecule has 282 valence electrons. The van der Waals surface area contributed by atoms with E-state index < -0.39 is 48.6 Å². The van der Waals surface area contributed by atoms with Gasteiger partial charge in [-0.15, -0.1) is 0 Å². The molecule has 0 aliphatic carbocycles. The first-order valence-electron chi connectivity index (χ1n) is 13.1. The number of pyridine rings is 2. The molecule has 2 aromatic heterocycles. The normalized spacial score (nSPS) is 17.5. The lowest BCUT2D eigenvalue weighted by Crippen LogP contribution is -2.28. The minimum Gasteiger partial charge on any atom is -0.475 e.